The molecule has 3 rings (SSSR count). The Hall–Kier alpha value is -1.34. The standard InChI is InChI=1S/C24H38O6/c1-22(2,3)17-6-7-20(27-15-23(4)10-8-18(13-25)29-23)21(12-17)28-16-24(5)11-9-19(14-26)30-24/h6-7,12,18-19,25-26H,8-11,13-16H2,1-5H3. The van der Waals surface area contributed by atoms with Crippen LogP contribution in [-0.2, 0) is 14.9 Å². The smallest absolute Gasteiger partial charge is 0.161 e. The second kappa shape index (κ2) is 9.03. The van der Waals surface area contributed by atoms with Crippen molar-refractivity contribution in [3.05, 3.63) is 23.8 Å². The van der Waals surface area contributed by atoms with Crippen molar-refractivity contribution in [3.8, 4) is 11.5 Å². The Labute approximate surface area is 180 Å². The van der Waals surface area contributed by atoms with E-state index in [0.29, 0.717) is 24.7 Å². The van der Waals surface area contributed by atoms with Crippen molar-refractivity contribution in [2.75, 3.05) is 26.4 Å². The average Bonchev–Trinajstić information content (AvgIpc) is 3.28. The molecule has 2 aliphatic heterocycles. The van der Waals surface area contributed by atoms with Gasteiger partial charge in [-0.2, -0.15) is 0 Å². The summed E-state index contributed by atoms with van der Waals surface area (Å²) in [6.07, 6.45) is 3.14. The average molecular weight is 423 g/mol. The van der Waals surface area contributed by atoms with Gasteiger partial charge in [-0.15, -0.1) is 0 Å². The summed E-state index contributed by atoms with van der Waals surface area (Å²) in [5.41, 5.74) is 0.320. The van der Waals surface area contributed by atoms with Gasteiger partial charge in [0.15, 0.2) is 11.5 Å². The molecule has 0 spiro atoms. The lowest BCUT2D eigenvalue weighted by molar-refractivity contribution is -0.0735. The molecular formula is C24H38O6. The summed E-state index contributed by atoms with van der Waals surface area (Å²) in [4.78, 5) is 0. The number of hydrogen-bond acceptors (Lipinski definition) is 6. The monoisotopic (exact) mass is 422 g/mol. The number of rotatable bonds is 8. The summed E-state index contributed by atoms with van der Waals surface area (Å²) >= 11 is 0. The first-order valence-electron chi connectivity index (χ1n) is 11.0. The van der Waals surface area contributed by atoms with E-state index in [9.17, 15) is 10.2 Å². The number of hydrogen-bond donors (Lipinski definition) is 2. The van der Waals surface area contributed by atoms with Crippen LogP contribution in [0, 0.1) is 0 Å². The molecule has 170 valence electrons. The summed E-state index contributed by atoms with van der Waals surface area (Å²) in [5.74, 6) is 1.38. The highest BCUT2D eigenvalue weighted by Gasteiger charge is 2.38. The normalized spacial score (nSPS) is 31.8. The van der Waals surface area contributed by atoms with E-state index in [2.05, 4.69) is 26.8 Å². The van der Waals surface area contributed by atoms with Gasteiger partial charge in [-0.3, -0.25) is 0 Å². The first-order valence-corrected chi connectivity index (χ1v) is 11.0. The lowest BCUT2D eigenvalue weighted by atomic mass is 9.87. The molecule has 0 aliphatic carbocycles. The number of aliphatic hydroxyl groups is 2. The van der Waals surface area contributed by atoms with Crippen LogP contribution in [0.4, 0.5) is 0 Å². The predicted octanol–water partition coefficient (Wildman–Crippen LogP) is 3.60. The SMILES string of the molecule is CC1(COc2ccc(C(C)(C)C)cc2OCC2(C)CCC(CO)O2)CCC(CO)O1. The van der Waals surface area contributed by atoms with Crippen LogP contribution in [0.3, 0.4) is 0 Å². The Bertz CT molecular complexity index is 714. The van der Waals surface area contributed by atoms with Gasteiger partial charge in [0, 0.05) is 0 Å². The molecule has 6 heteroatoms. The van der Waals surface area contributed by atoms with Gasteiger partial charge >= 0.3 is 0 Å². The molecule has 2 saturated heterocycles. The Balaban J connectivity index is 1.72. The Morgan fingerprint density at radius 2 is 1.40 bits per heavy atom. The largest absolute Gasteiger partial charge is 0.487 e. The maximum Gasteiger partial charge on any atom is 0.161 e. The zero-order valence-corrected chi connectivity index (χ0v) is 19.1. The Morgan fingerprint density at radius 1 is 0.900 bits per heavy atom. The van der Waals surface area contributed by atoms with Gasteiger partial charge in [-0.1, -0.05) is 26.8 Å². The molecule has 1 aromatic rings. The molecule has 0 aromatic heterocycles. The minimum atomic E-state index is -0.419. The third-order valence-corrected chi connectivity index (χ3v) is 6.18. The van der Waals surface area contributed by atoms with E-state index in [1.54, 1.807) is 0 Å². The first-order chi connectivity index (χ1) is 14.1. The Kier molecular flexibility index (Phi) is 7.02. The molecule has 0 saturated carbocycles. The van der Waals surface area contributed by atoms with Crippen molar-refractivity contribution in [1.82, 2.24) is 0 Å². The van der Waals surface area contributed by atoms with Crippen LogP contribution in [0.15, 0.2) is 18.2 Å². The van der Waals surface area contributed by atoms with Gasteiger partial charge in [0.1, 0.15) is 13.2 Å². The van der Waals surface area contributed by atoms with Crippen molar-refractivity contribution >= 4 is 0 Å². The molecule has 6 nitrogen and oxygen atoms in total. The molecule has 4 atom stereocenters. The second-order valence-electron chi connectivity index (χ2n) is 10.3. The molecule has 0 radical (unpaired) electrons. The second-order valence-corrected chi connectivity index (χ2v) is 10.3. The van der Waals surface area contributed by atoms with Gasteiger partial charge in [-0.05, 0) is 62.6 Å². The molecule has 0 bridgehead atoms. The van der Waals surface area contributed by atoms with Crippen LogP contribution in [0.5, 0.6) is 11.5 Å². The van der Waals surface area contributed by atoms with Crippen LogP contribution in [0.25, 0.3) is 0 Å². The molecule has 2 heterocycles. The van der Waals surface area contributed by atoms with Gasteiger partial charge < -0.3 is 29.2 Å². The van der Waals surface area contributed by atoms with Crippen molar-refractivity contribution in [1.29, 1.82) is 0 Å². The lowest BCUT2D eigenvalue weighted by Gasteiger charge is -2.28. The van der Waals surface area contributed by atoms with Crippen LogP contribution >= 0.6 is 0 Å². The quantitative estimate of drug-likeness (QED) is 0.667. The summed E-state index contributed by atoms with van der Waals surface area (Å²) in [6.45, 7) is 11.4. The lowest BCUT2D eigenvalue weighted by Crippen LogP contribution is -2.34. The molecule has 2 N–H and O–H groups in total. The van der Waals surface area contributed by atoms with Crippen molar-refractivity contribution in [3.63, 3.8) is 0 Å². The molecule has 2 aliphatic rings. The molecule has 1 aromatic carbocycles. The topological polar surface area (TPSA) is 77.4 Å². The summed E-state index contributed by atoms with van der Waals surface area (Å²) in [7, 11) is 0. The van der Waals surface area contributed by atoms with E-state index in [4.69, 9.17) is 18.9 Å². The fourth-order valence-corrected chi connectivity index (χ4v) is 4.11. The minimum Gasteiger partial charge on any atom is -0.487 e. The predicted molar refractivity (Wildman–Crippen MR) is 115 cm³/mol. The highest BCUT2D eigenvalue weighted by atomic mass is 16.6. The van der Waals surface area contributed by atoms with Crippen LogP contribution in [0.1, 0.15) is 65.9 Å². The van der Waals surface area contributed by atoms with E-state index < -0.39 is 11.2 Å². The van der Waals surface area contributed by atoms with E-state index >= 15 is 0 Å². The molecule has 4 unspecified atom stereocenters. The molecule has 2 fully saturated rings. The third kappa shape index (κ3) is 5.67. The van der Waals surface area contributed by atoms with Crippen molar-refractivity contribution in [2.45, 2.75) is 89.1 Å². The van der Waals surface area contributed by atoms with Gasteiger partial charge in [0.05, 0.1) is 36.6 Å². The number of aliphatic hydroxyl groups excluding tert-OH is 2. The van der Waals surface area contributed by atoms with E-state index in [1.807, 2.05) is 26.0 Å². The van der Waals surface area contributed by atoms with E-state index in [1.165, 1.54) is 5.56 Å². The van der Waals surface area contributed by atoms with Crippen molar-refractivity contribution in [2.24, 2.45) is 0 Å². The zero-order chi connectivity index (χ0) is 22.0. The molecule has 0 amide bonds. The fraction of sp³-hybridized carbons (Fsp3) is 0.750. The van der Waals surface area contributed by atoms with E-state index in [-0.39, 0.29) is 30.8 Å². The van der Waals surface area contributed by atoms with Crippen LogP contribution in [-0.4, -0.2) is 60.1 Å². The highest BCUT2D eigenvalue weighted by molar-refractivity contribution is 5.45. The van der Waals surface area contributed by atoms with Crippen molar-refractivity contribution < 1.29 is 29.2 Å². The van der Waals surface area contributed by atoms with E-state index in [0.717, 1.165) is 25.7 Å². The third-order valence-electron chi connectivity index (χ3n) is 6.18. The zero-order valence-electron chi connectivity index (χ0n) is 19.1. The van der Waals surface area contributed by atoms with Gasteiger partial charge in [0.2, 0.25) is 0 Å². The summed E-state index contributed by atoms with van der Waals surface area (Å²) in [5, 5.41) is 18.7. The summed E-state index contributed by atoms with van der Waals surface area (Å²) in [6, 6.07) is 6.09. The van der Waals surface area contributed by atoms with Crippen LogP contribution < -0.4 is 9.47 Å². The first kappa shape index (κ1) is 23.3. The fourth-order valence-electron chi connectivity index (χ4n) is 4.11. The maximum absolute atomic E-state index is 9.37. The summed E-state index contributed by atoms with van der Waals surface area (Å²) < 4.78 is 24.3. The van der Waals surface area contributed by atoms with Gasteiger partial charge in [0.25, 0.3) is 0 Å². The number of ether oxygens (including phenoxy) is 4. The highest BCUT2D eigenvalue weighted by Crippen LogP contribution is 2.38. The van der Waals surface area contributed by atoms with Gasteiger partial charge in [-0.25, -0.2) is 0 Å². The molecular weight excluding hydrogens is 384 g/mol. The minimum absolute atomic E-state index is 0.0126. The molecule has 30 heavy (non-hydrogen) atoms. The Morgan fingerprint density at radius 3 is 1.83 bits per heavy atom. The maximum atomic E-state index is 9.37. The number of benzene rings is 1. The van der Waals surface area contributed by atoms with Crippen LogP contribution in [0.2, 0.25) is 0 Å².